The van der Waals surface area contributed by atoms with Crippen LogP contribution < -0.4 is 15.0 Å². The number of anilines is 1. The Morgan fingerprint density at radius 2 is 1.97 bits per heavy atom. The number of carbonyl (C=O) groups is 2. The number of sulfonamides is 1. The molecule has 10 heteroatoms. The zero-order valence-corrected chi connectivity index (χ0v) is 19.8. The van der Waals surface area contributed by atoms with Crippen LogP contribution in [0, 0.1) is 11.8 Å². The molecule has 178 valence electrons. The van der Waals surface area contributed by atoms with E-state index in [1.807, 2.05) is 20.8 Å². The molecule has 1 fully saturated rings. The van der Waals surface area contributed by atoms with Crippen LogP contribution in [0.25, 0.3) is 0 Å². The molecule has 2 amide bonds. The standard InChI is InChI=1S/C22H33N3O6S/c1-4-30-9-5-8-23-21(26)14-25-19-11-18(6-7-20(19)31-15-22(25)27)32(28,29)24-12-16(2)10-17(3)13-24/h6-7,11,16-17H,4-5,8-10,12-15H2,1-3H3,(H,23,26)/t16-,17-/m1/s1. The van der Waals surface area contributed by atoms with Crippen molar-refractivity contribution in [1.29, 1.82) is 0 Å². The summed E-state index contributed by atoms with van der Waals surface area (Å²) in [7, 11) is -3.73. The molecule has 1 saturated heterocycles. The quantitative estimate of drug-likeness (QED) is 0.554. The summed E-state index contributed by atoms with van der Waals surface area (Å²) in [6, 6.07) is 4.49. The third-order valence-electron chi connectivity index (χ3n) is 5.64. The summed E-state index contributed by atoms with van der Waals surface area (Å²) in [5, 5.41) is 2.77. The molecule has 3 rings (SSSR count). The topological polar surface area (TPSA) is 105 Å². The van der Waals surface area contributed by atoms with Crippen LogP contribution >= 0.6 is 0 Å². The minimum absolute atomic E-state index is 0.0953. The van der Waals surface area contributed by atoms with Crippen molar-refractivity contribution in [1.82, 2.24) is 9.62 Å². The minimum Gasteiger partial charge on any atom is -0.482 e. The first-order chi connectivity index (χ1) is 15.2. The molecule has 0 unspecified atom stereocenters. The maximum absolute atomic E-state index is 13.3. The van der Waals surface area contributed by atoms with E-state index < -0.39 is 15.9 Å². The summed E-state index contributed by atoms with van der Waals surface area (Å²) in [5.74, 6) is 0.220. The van der Waals surface area contributed by atoms with Crippen LogP contribution in [0.3, 0.4) is 0 Å². The van der Waals surface area contributed by atoms with E-state index in [-0.39, 0.29) is 35.8 Å². The molecule has 1 N–H and O–H groups in total. The molecule has 32 heavy (non-hydrogen) atoms. The predicted octanol–water partition coefficient (Wildman–Crippen LogP) is 1.62. The normalized spacial score (nSPS) is 21.7. The lowest BCUT2D eigenvalue weighted by Crippen LogP contribution is -2.45. The lowest BCUT2D eigenvalue weighted by molar-refractivity contribution is -0.125. The number of hydrogen-bond acceptors (Lipinski definition) is 6. The molecule has 0 radical (unpaired) electrons. The number of nitrogens with one attached hydrogen (secondary N) is 1. The predicted molar refractivity (Wildman–Crippen MR) is 120 cm³/mol. The van der Waals surface area contributed by atoms with Gasteiger partial charge in [0.15, 0.2) is 6.61 Å². The van der Waals surface area contributed by atoms with Gasteiger partial charge in [0.1, 0.15) is 12.3 Å². The van der Waals surface area contributed by atoms with Gasteiger partial charge < -0.3 is 14.8 Å². The van der Waals surface area contributed by atoms with E-state index in [0.717, 1.165) is 6.42 Å². The van der Waals surface area contributed by atoms with Crippen LogP contribution in [-0.2, 0) is 24.3 Å². The van der Waals surface area contributed by atoms with Crippen molar-refractivity contribution in [3.63, 3.8) is 0 Å². The lowest BCUT2D eigenvalue weighted by Gasteiger charge is -2.34. The molecule has 1 aromatic carbocycles. The van der Waals surface area contributed by atoms with E-state index in [9.17, 15) is 18.0 Å². The molecule has 0 saturated carbocycles. The third kappa shape index (κ3) is 5.79. The average Bonchev–Trinajstić information content (AvgIpc) is 2.74. The van der Waals surface area contributed by atoms with Crippen molar-refractivity contribution >= 4 is 27.5 Å². The van der Waals surface area contributed by atoms with Crippen LogP contribution in [-0.4, -0.2) is 70.5 Å². The van der Waals surface area contributed by atoms with E-state index in [0.29, 0.717) is 50.7 Å². The highest BCUT2D eigenvalue weighted by atomic mass is 32.2. The number of piperidine rings is 1. The highest BCUT2D eigenvalue weighted by Gasteiger charge is 2.34. The highest BCUT2D eigenvalue weighted by Crippen LogP contribution is 2.36. The summed E-state index contributed by atoms with van der Waals surface area (Å²) >= 11 is 0. The highest BCUT2D eigenvalue weighted by molar-refractivity contribution is 7.89. The summed E-state index contributed by atoms with van der Waals surface area (Å²) in [4.78, 5) is 26.3. The minimum atomic E-state index is -3.73. The Kier molecular flexibility index (Phi) is 8.13. The SMILES string of the molecule is CCOCCCNC(=O)CN1C(=O)COc2ccc(S(=O)(=O)N3C[C@H](C)C[C@@H](C)C3)cc21. The molecule has 2 atom stereocenters. The van der Waals surface area contributed by atoms with Crippen LogP contribution in [0.1, 0.15) is 33.6 Å². The number of amides is 2. The van der Waals surface area contributed by atoms with Gasteiger partial charge in [0.25, 0.3) is 5.91 Å². The summed E-state index contributed by atoms with van der Waals surface area (Å²) < 4.78 is 38.8. The molecular weight excluding hydrogens is 434 g/mol. The molecule has 2 aliphatic rings. The van der Waals surface area contributed by atoms with Gasteiger partial charge in [0.2, 0.25) is 15.9 Å². The molecule has 0 aliphatic carbocycles. The fourth-order valence-corrected chi connectivity index (χ4v) is 5.91. The number of ether oxygens (including phenoxy) is 2. The van der Waals surface area contributed by atoms with Crippen molar-refractivity contribution in [2.24, 2.45) is 11.8 Å². The molecule has 0 bridgehead atoms. The summed E-state index contributed by atoms with van der Waals surface area (Å²) in [6.07, 6.45) is 1.66. The number of fused-ring (bicyclic) bond motifs is 1. The molecule has 2 aliphatic heterocycles. The second kappa shape index (κ2) is 10.6. The number of rotatable bonds is 9. The molecule has 0 spiro atoms. The first kappa shape index (κ1) is 24.5. The number of nitrogens with zero attached hydrogens (tertiary/aromatic N) is 2. The van der Waals surface area contributed by atoms with Crippen LogP contribution in [0.2, 0.25) is 0 Å². The van der Waals surface area contributed by atoms with Crippen molar-refractivity contribution in [3.8, 4) is 5.75 Å². The van der Waals surface area contributed by atoms with E-state index in [2.05, 4.69) is 5.32 Å². The smallest absolute Gasteiger partial charge is 0.265 e. The number of benzene rings is 1. The van der Waals surface area contributed by atoms with Crippen LogP contribution in [0.15, 0.2) is 23.1 Å². The second-order valence-electron chi connectivity index (χ2n) is 8.57. The van der Waals surface area contributed by atoms with Gasteiger partial charge in [0.05, 0.1) is 10.6 Å². The second-order valence-corrected chi connectivity index (χ2v) is 10.5. The van der Waals surface area contributed by atoms with E-state index in [1.54, 1.807) is 6.07 Å². The number of carbonyl (C=O) groups excluding carboxylic acids is 2. The van der Waals surface area contributed by atoms with Gasteiger partial charge in [0, 0.05) is 32.8 Å². The fraction of sp³-hybridized carbons (Fsp3) is 0.636. The Balaban J connectivity index is 1.77. The van der Waals surface area contributed by atoms with Crippen molar-refractivity contribution in [2.75, 3.05) is 50.9 Å². The van der Waals surface area contributed by atoms with Gasteiger partial charge in [-0.2, -0.15) is 4.31 Å². The Bertz CT molecular complexity index is 926. The van der Waals surface area contributed by atoms with E-state index in [4.69, 9.17) is 9.47 Å². The van der Waals surface area contributed by atoms with Gasteiger partial charge in [-0.15, -0.1) is 0 Å². The Labute approximate surface area is 190 Å². The van der Waals surface area contributed by atoms with E-state index >= 15 is 0 Å². The lowest BCUT2D eigenvalue weighted by atomic mass is 9.94. The fourth-order valence-electron chi connectivity index (χ4n) is 4.21. The third-order valence-corrected chi connectivity index (χ3v) is 7.47. The van der Waals surface area contributed by atoms with Crippen molar-refractivity contribution < 1.29 is 27.5 Å². The molecule has 2 heterocycles. The first-order valence-electron chi connectivity index (χ1n) is 11.1. The average molecular weight is 468 g/mol. The molecule has 0 aromatic heterocycles. The van der Waals surface area contributed by atoms with Gasteiger partial charge in [-0.1, -0.05) is 13.8 Å². The summed E-state index contributed by atoms with van der Waals surface area (Å²) in [6.45, 7) is 8.13. The van der Waals surface area contributed by atoms with Gasteiger partial charge in [-0.25, -0.2) is 8.42 Å². The number of hydrogen-bond donors (Lipinski definition) is 1. The van der Waals surface area contributed by atoms with Crippen LogP contribution in [0.5, 0.6) is 5.75 Å². The molecule has 1 aromatic rings. The summed E-state index contributed by atoms with van der Waals surface area (Å²) in [5.41, 5.74) is 0.296. The molecular formula is C22H33N3O6S. The van der Waals surface area contributed by atoms with Gasteiger partial charge >= 0.3 is 0 Å². The van der Waals surface area contributed by atoms with Gasteiger partial charge in [-0.3, -0.25) is 14.5 Å². The van der Waals surface area contributed by atoms with Crippen molar-refractivity contribution in [2.45, 2.75) is 38.5 Å². The Morgan fingerprint density at radius 3 is 2.66 bits per heavy atom. The zero-order valence-electron chi connectivity index (χ0n) is 19.0. The maximum atomic E-state index is 13.3. The maximum Gasteiger partial charge on any atom is 0.265 e. The van der Waals surface area contributed by atoms with Crippen molar-refractivity contribution in [3.05, 3.63) is 18.2 Å². The Hall–Kier alpha value is -2.17. The molecule has 9 nitrogen and oxygen atoms in total. The monoisotopic (exact) mass is 467 g/mol. The van der Waals surface area contributed by atoms with E-state index in [1.165, 1.54) is 21.3 Å². The zero-order chi connectivity index (χ0) is 23.3. The largest absolute Gasteiger partial charge is 0.482 e. The first-order valence-corrected chi connectivity index (χ1v) is 12.6. The van der Waals surface area contributed by atoms with Crippen LogP contribution in [0.4, 0.5) is 5.69 Å². The van der Waals surface area contributed by atoms with Gasteiger partial charge in [-0.05, 0) is 49.8 Å². The Morgan fingerprint density at radius 1 is 1.25 bits per heavy atom.